The number of aliphatic hydroxyl groups excluding tert-OH is 1. The van der Waals surface area contributed by atoms with Crippen LogP contribution in [0.2, 0.25) is 0 Å². The molecule has 4 nitrogen and oxygen atoms in total. The van der Waals surface area contributed by atoms with Crippen molar-refractivity contribution in [2.75, 3.05) is 13.2 Å². The topological polar surface area (TPSA) is 75.3 Å². The molecule has 1 unspecified atom stereocenters. The minimum absolute atomic E-state index is 0.0442. The van der Waals surface area contributed by atoms with Crippen molar-refractivity contribution in [1.82, 2.24) is 5.32 Å². The molecule has 1 aromatic carbocycles. The molecule has 0 aromatic heterocycles. The van der Waals surface area contributed by atoms with Crippen LogP contribution in [0.1, 0.15) is 50.3 Å². The second-order valence-corrected chi connectivity index (χ2v) is 5.79. The van der Waals surface area contributed by atoms with E-state index in [1.807, 2.05) is 31.2 Å². The van der Waals surface area contributed by atoms with Crippen molar-refractivity contribution < 1.29 is 9.90 Å². The predicted molar refractivity (Wildman–Crippen MR) is 85.8 cm³/mol. The fourth-order valence-corrected chi connectivity index (χ4v) is 2.49. The molecule has 1 amide bonds. The highest BCUT2D eigenvalue weighted by Gasteiger charge is 2.27. The Balaban J connectivity index is 2.65. The van der Waals surface area contributed by atoms with Gasteiger partial charge in [-0.3, -0.25) is 4.79 Å². The largest absolute Gasteiger partial charge is 0.396 e. The van der Waals surface area contributed by atoms with Gasteiger partial charge in [0, 0.05) is 13.2 Å². The second kappa shape index (κ2) is 8.15. The highest BCUT2D eigenvalue weighted by atomic mass is 16.3. The van der Waals surface area contributed by atoms with Crippen LogP contribution in [0.4, 0.5) is 0 Å². The molecule has 0 spiro atoms. The van der Waals surface area contributed by atoms with Crippen LogP contribution in [-0.2, 0) is 4.79 Å². The molecular formula is C17H28N2O2. The summed E-state index contributed by atoms with van der Waals surface area (Å²) < 4.78 is 0. The van der Waals surface area contributed by atoms with Gasteiger partial charge in [0.1, 0.15) is 6.04 Å². The van der Waals surface area contributed by atoms with Crippen molar-refractivity contribution in [3.8, 4) is 0 Å². The monoisotopic (exact) mass is 292 g/mol. The van der Waals surface area contributed by atoms with E-state index in [2.05, 4.69) is 19.2 Å². The molecule has 4 heteroatoms. The maximum atomic E-state index is 12.2. The minimum Gasteiger partial charge on any atom is -0.396 e. The molecule has 1 rings (SSSR count). The maximum Gasteiger partial charge on any atom is 0.241 e. The first-order chi connectivity index (χ1) is 9.98. The summed E-state index contributed by atoms with van der Waals surface area (Å²) in [6.07, 6.45) is 2.54. The van der Waals surface area contributed by atoms with Gasteiger partial charge >= 0.3 is 0 Å². The number of hydrogen-bond acceptors (Lipinski definition) is 3. The predicted octanol–water partition coefficient (Wildman–Crippen LogP) is 2.30. The van der Waals surface area contributed by atoms with E-state index < -0.39 is 6.04 Å². The molecule has 0 aliphatic carbocycles. The van der Waals surface area contributed by atoms with Gasteiger partial charge in [-0.2, -0.15) is 0 Å². The quantitative estimate of drug-likeness (QED) is 0.688. The number of benzene rings is 1. The van der Waals surface area contributed by atoms with Crippen molar-refractivity contribution >= 4 is 5.91 Å². The molecule has 0 radical (unpaired) electrons. The van der Waals surface area contributed by atoms with E-state index in [-0.39, 0.29) is 17.9 Å². The first kappa shape index (κ1) is 17.7. The van der Waals surface area contributed by atoms with Gasteiger partial charge in [0.25, 0.3) is 0 Å². The SMILES string of the molecule is CCC(CC)(CCO)CNC(=O)C(N)c1ccc(C)cc1. The summed E-state index contributed by atoms with van der Waals surface area (Å²) in [5.74, 6) is -0.164. The van der Waals surface area contributed by atoms with Crippen molar-refractivity contribution in [1.29, 1.82) is 0 Å². The molecule has 0 saturated heterocycles. The summed E-state index contributed by atoms with van der Waals surface area (Å²) in [6.45, 7) is 6.87. The molecule has 0 bridgehead atoms. The Hall–Kier alpha value is -1.39. The third-order valence-electron chi connectivity index (χ3n) is 4.50. The van der Waals surface area contributed by atoms with Gasteiger partial charge in [0.05, 0.1) is 0 Å². The summed E-state index contributed by atoms with van der Waals surface area (Å²) in [7, 11) is 0. The van der Waals surface area contributed by atoms with Crippen molar-refractivity contribution in [3.05, 3.63) is 35.4 Å². The lowest BCUT2D eigenvalue weighted by Crippen LogP contribution is -2.41. The molecule has 21 heavy (non-hydrogen) atoms. The Labute approximate surface area is 127 Å². The van der Waals surface area contributed by atoms with Crippen LogP contribution in [0.25, 0.3) is 0 Å². The van der Waals surface area contributed by atoms with Crippen LogP contribution < -0.4 is 11.1 Å². The Morgan fingerprint density at radius 3 is 2.33 bits per heavy atom. The molecular weight excluding hydrogens is 264 g/mol. The Morgan fingerprint density at radius 2 is 1.86 bits per heavy atom. The number of hydrogen-bond donors (Lipinski definition) is 3. The number of carbonyl (C=O) groups is 1. The Bertz CT molecular complexity index is 439. The van der Waals surface area contributed by atoms with Crippen LogP contribution in [0.5, 0.6) is 0 Å². The molecule has 0 aliphatic heterocycles. The number of nitrogens with one attached hydrogen (secondary N) is 1. The van der Waals surface area contributed by atoms with Crippen LogP contribution in [0.3, 0.4) is 0 Å². The highest BCUT2D eigenvalue weighted by molar-refractivity contribution is 5.82. The van der Waals surface area contributed by atoms with E-state index in [9.17, 15) is 9.90 Å². The number of aliphatic hydroxyl groups is 1. The zero-order valence-corrected chi connectivity index (χ0v) is 13.4. The molecule has 0 fully saturated rings. The van der Waals surface area contributed by atoms with Crippen molar-refractivity contribution in [3.63, 3.8) is 0 Å². The molecule has 118 valence electrons. The van der Waals surface area contributed by atoms with Gasteiger partial charge < -0.3 is 16.2 Å². The van der Waals surface area contributed by atoms with Gasteiger partial charge in [-0.25, -0.2) is 0 Å². The van der Waals surface area contributed by atoms with Crippen LogP contribution in [0, 0.1) is 12.3 Å². The van der Waals surface area contributed by atoms with Crippen LogP contribution >= 0.6 is 0 Å². The minimum atomic E-state index is -0.647. The van der Waals surface area contributed by atoms with Crippen LogP contribution in [-0.4, -0.2) is 24.2 Å². The molecule has 0 saturated carbocycles. The summed E-state index contributed by atoms with van der Waals surface area (Å²) in [5, 5.41) is 12.2. The van der Waals surface area contributed by atoms with Gasteiger partial charge in [-0.1, -0.05) is 43.7 Å². The number of aryl methyl sites for hydroxylation is 1. The lowest BCUT2D eigenvalue weighted by molar-refractivity contribution is -0.123. The lowest BCUT2D eigenvalue weighted by atomic mass is 9.79. The normalized spacial score (nSPS) is 13.0. The van der Waals surface area contributed by atoms with Crippen molar-refractivity contribution in [2.24, 2.45) is 11.1 Å². The van der Waals surface area contributed by atoms with E-state index in [1.165, 1.54) is 0 Å². The zero-order chi connectivity index (χ0) is 15.9. The Kier molecular flexibility index (Phi) is 6.85. The van der Waals surface area contributed by atoms with E-state index in [0.29, 0.717) is 13.0 Å². The molecule has 0 aliphatic rings. The van der Waals surface area contributed by atoms with Gasteiger partial charge in [0.2, 0.25) is 5.91 Å². The Morgan fingerprint density at radius 1 is 1.29 bits per heavy atom. The third kappa shape index (κ3) is 4.83. The summed E-state index contributed by atoms with van der Waals surface area (Å²) in [4.78, 5) is 12.2. The van der Waals surface area contributed by atoms with Crippen molar-refractivity contribution in [2.45, 2.75) is 46.1 Å². The highest BCUT2D eigenvalue weighted by Crippen LogP contribution is 2.29. The maximum absolute atomic E-state index is 12.2. The van der Waals surface area contributed by atoms with Gasteiger partial charge in [-0.15, -0.1) is 0 Å². The van der Waals surface area contributed by atoms with Gasteiger partial charge in [-0.05, 0) is 37.2 Å². The number of carbonyl (C=O) groups excluding carboxylic acids is 1. The smallest absolute Gasteiger partial charge is 0.241 e. The lowest BCUT2D eigenvalue weighted by Gasteiger charge is -2.31. The van der Waals surface area contributed by atoms with Gasteiger partial charge in [0.15, 0.2) is 0 Å². The molecule has 0 heterocycles. The average molecular weight is 292 g/mol. The molecule has 4 N–H and O–H groups in total. The third-order valence-corrected chi connectivity index (χ3v) is 4.50. The van der Waals surface area contributed by atoms with E-state index >= 15 is 0 Å². The number of rotatable bonds is 8. The van der Waals surface area contributed by atoms with Crippen LogP contribution in [0.15, 0.2) is 24.3 Å². The summed E-state index contributed by atoms with van der Waals surface area (Å²) in [5.41, 5.74) is 7.93. The molecule has 1 atom stereocenters. The van der Waals surface area contributed by atoms with E-state index in [1.54, 1.807) is 0 Å². The summed E-state index contributed by atoms with van der Waals surface area (Å²) in [6, 6.07) is 7.04. The first-order valence-corrected chi connectivity index (χ1v) is 7.68. The van der Waals surface area contributed by atoms with E-state index in [4.69, 9.17) is 5.73 Å². The average Bonchev–Trinajstić information content (AvgIpc) is 2.51. The summed E-state index contributed by atoms with van der Waals surface area (Å²) >= 11 is 0. The number of amides is 1. The fraction of sp³-hybridized carbons (Fsp3) is 0.588. The standard InChI is InChI=1S/C17H28N2O2/c1-4-17(5-2,10-11-20)12-19-16(21)15(18)14-8-6-13(3)7-9-14/h6-9,15,20H,4-5,10-12,18H2,1-3H3,(H,19,21). The second-order valence-electron chi connectivity index (χ2n) is 5.79. The van der Waals surface area contributed by atoms with E-state index in [0.717, 1.165) is 24.0 Å². The first-order valence-electron chi connectivity index (χ1n) is 7.68. The molecule has 1 aromatic rings. The number of nitrogens with two attached hydrogens (primary N) is 1. The zero-order valence-electron chi connectivity index (χ0n) is 13.4. The fourth-order valence-electron chi connectivity index (χ4n) is 2.49.